The molecular formula is C17H36N2O. The van der Waals surface area contributed by atoms with Crippen LogP contribution in [0.1, 0.15) is 65.7 Å². The largest absolute Gasteiger partial charge is 0.389 e. The third-order valence-corrected chi connectivity index (χ3v) is 4.58. The van der Waals surface area contributed by atoms with E-state index in [1.54, 1.807) is 0 Å². The highest BCUT2D eigenvalue weighted by Crippen LogP contribution is 2.31. The maximum Gasteiger partial charge on any atom is 0.0774 e. The molecule has 3 nitrogen and oxygen atoms in total. The summed E-state index contributed by atoms with van der Waals surface area (Å²) in [5.41, 5.74) is -0.105. The predicted molar refractivity (Wildman–Crippen MR) is 87.1 cm³/mol. The second-order valence-corrected chi connectivity index (χ2v) is 7.34. The maximum atomic E-state index is 10.5. The monoisotopic (exact) mass is 284 g/mol. The van der Waals surface area contributed by atoms with E-state index >= 15 is 0 Å². The Hall–Kier alpha value is -0.120. The molecule has 1 fully saturated rings. The average Bonchev–Trinajstić information content (AvgIpc) is 2.75. The van der Waals surface area contributed by atoms with Gasteiger partial charge in [-0.1, -0.05) is 40.0 Å². The van der Waals surface area contributed by atoms with Crippen molar-refractivity contribution >= 4 is 0 Å². The van der Waals surface area contributed by atoms with Crippen molar-refractivity contribution in [3.8, 4) is 0 Å². The van der Waals surface area contributed by atoms with Gasteiger partial charge in [0.2, 0.25) is 0 Å². The van der Waals surface area contributed by atoms with Crippen LogP contribution in [0, 0.1) is 5.41 Å². The molecule has 0 saturated heterocycles. The lowest BCUT2D eigenvalue weighted by molar-refractivity contribution is 0.00596. The van der Waals surface area contributed by atoms with Crippen molar-refractivity contribution in [3.05, 3.63) is 0 Å². The summed E-state index contributed by atoms with van der Waals surface area (Å²) < 4.78 is 0. The highest BCUT2D eigenvalue weighted by atomic mass is 16.3. The van der Waals surface area contributed by atoms with Crippen LogP contribution in [0.2, 0.25) is 0 Å². The molecule has 0 amide bonds. The molecule has 1 aliphatic carbocycles. The van der Waals surface area contributed by atoms with E-state index in [-0.39, 0.29) is 0 Å². The fraction of sp³-hybridized carbons (Fsp3) is 1.00. The molecule has 0 spiro atoms. The molecule has 0 bridgehead atoms. The Morgan fingerprint density at radius 1 is 1.20 bits per heavy atom. The second kappa shape index (κ2) is 8.35. The van der Waals surface area contributed by atoms with Crippen LogP contribution in [0.5, 0.6) is 0 Å². The molecule has 1 rings (SSSR count). The number of nitrogens with zero attached hydrogens (tertiary/aromatic N) is 1. The zero-order chi connectivity index (χ0) is 15.1. The summed E-state index contributed by atoms with van der Waals surface area (Å²) in [6, 6.07) is 0. The van der Waals surface area contributed by atoms with Crippen molar-refractivity contribution < 1.29 is 5.11 Å². The van der Waals surface area contributed by atoms with Gasteiger partial charge in [0.05, 0.1) is 5.60 Å². The predicted octanol–water partition coefficient (Wildman–Crippen LogP) is 3.03. The number of aliphatic hydroxyl groups is 1. The van der Waals surface area contributed by atoms with E-state index < -0.39 is 5.60 Å². The van der Waals surface area contributed by atoms with E-state index in [1.165, 1.54) is 32.1 Å². The number of rotatable bonds is 10. The van der Waals surface area contributed by atoms with Crippen molar-refractivity contribution in [1.82, 2.24) is 10.2 Å². The van der Waals surface area contributed by atoms with Crippen LogP contribution in [0.15, 0.2) is 0 Å². The first-order valence-electron chi connectivity index (χ1n) is 8.55. The molecule has 0 aromatic carbocycles. The Balaban J connectivity index is 2.46. The third-order valence-electron chi connectivity index (χ3n) is 4.58. The molecule has 0 heterocycles. The van der Waals surface area contributed by atoms with E-state index in [0.717, 1.165) is 39.0 Å². The van der Waals surface area contributed by atoms with Gasteiger partial charge in [0, 0.05) is 19.6 Å². The van der Waals surface area contributed by atoms with Gasteiger partial charge in [-0.2, -0.15) is 0 Å². The second-order valence-electron chi connectivity index (χ2n) is 7.34. The molecule has 120 valence electrons. The summed E-state index contributed by atoms with van der Waals surface area (Å²) in [4.78, 5) is 2.36. The van der Waals surface area contributed by atoms with Gasteiger partial charge in [-0.3, -0.25) is 0 Å². The molecule has 1 unspecified atom stereocenters. The fourth-order valence-corrected chi connectivity index (χ4v) is 3.80. The lowest BCUT2D eigenvalue weighted by Gasteiger charge is -2.37. The van der Waals surface area contributed by atoms with Crippen LogP contribution < -0.4 is 5.32 Å². The Kier molecular flexibility index (Phi) is 7.49. The van der Waals surface area contributed by atoms with Gasteiger partial charge in [-0.25, -0.2) is 0 Å². The van der Waals surface area contributed by atoms with E-state index in [9.17, 15) is 5.11 Å². The molecule has 0 aliphatic heterocycles. The van der Waals surface area contributed by atoms with Gasteiger partial charge in [0.15, 0.2) is 0 Å². The Morgan fingerprint density at radius 2 is 1.85 bits per heavy atom. The summed E-state index contributed by atoms with van der Waals surface area (Å²) in [5.74, 6) is 0. The van der Waals surface area contributed by atoms with Crippen LogP contribution in [0.3, 0.4) is 0 Å². The lowest BCUT2D eigenvalue weighted by Crippen LogP contribution is -2.46. The first-order valence-corrected chi connectivity index (χ1v) is 8.55. The van der Waals surface area contributed by atoms with E-state index in [1.807, 2.05) is 0 Å². The van der Waals surface area contributed by atoms with Crippen LogP contribution in [-0.4, -0.2) is 48.8 Å². The number of nitrogens with one attached hydrogen (secondary N) is 1. The normalized spacial score (nSPS) is 21.3. The molecule has 1 saturated carbocycles. The van der Waals surface area contributed by atoms with Crippen molar-refractivity contribution in [3.63, 3.8) is 0 Å². The summed E-state index contributed by atoms with van der Waals surface area (Å²) in [6.07, 6.45) is 8.00. The van der Waals surface area contributed by atoms with Crippen LogP contribution in [-0.2, 0) is 0 Å². The van der Waals surface area contributed by atoms with E-state index in [4.69, 9.17) is 0 Å². The SMILES string of the molecule is CCCNCC(C)(CCC)CN(C)CC1(O)CCCC1. The number of likely N-dealkylation sites (N-methyl/N-ethyl adjacent to an activating group) is 1. The summed E-state index contributed by atoms with van der Waals surface area (Å²) in [6.45, 7) is 11.0. The molecule has 1 atom stereocenters. The number of hydrogen-bond acceptors (Lipinski definition) is 3. The molecule has 0 radical (unpaired) electrons. The van der Waals surface area contributed by atoms with Gasteiger partial charge in [-0.15, -0.1) is 0 Å². The van der Waals surface area contributed by atoms with Gasteiger partial charge in [0.25, 0.3) is 0 Å². The van der Waals surface area contributed by atoms with E-state index in [0.29, 0.717) is 5.41 Å². The summed E-state index contributed by atoms with van der Waals surface area (Å²) >= 11 is 0. The molecule has 2 N–H and O–H groups in total. The van der Waals surface area contributed by atoms with Crippen LogP contribution in [0.25, 0.3) is 0 Å². The standard InChI is InChI=1S/C17H36N2O/c1-5-9-16(3,13-18-12-6-2)14-19(4)15-17(20)10-7-8-11-17/h18,20H,5-15H2,1-4H3. The quantitative estimate of drug-likeness (QED) is 0.605. The van der Waals surface area contributed by atoms with Crippen LogP contribution in [0.4, 0.5) is 0 Å². The van der Waals surface area contributed by atoms with Gasteiger partial charge >= 0.3 is 0 Å². The van der Waals surface area contributed by atoms with Crippen molar-refractivity contribution in [2.45, 2.75) is 71.3 Å². The molecule has 0 aromatic rings. The molecule has 20 heavy (non-hydrogen) atoms. The Bertz CT molecular complexity index is 264. The van der Waals surface area contributed by atoms with Crippen molar-refractivity contribution in [2.24, 2.45) is 5.41 Å². The van der Waals surface area contributed by atoms with Gasteiger partial charge in [0.1, 0.15) is 0 Å². The lowest BCUT2D eigenvalue weighted by atomic mass is 9.84. The molecular weight excluding hydrogens is 248 g/mol. The Morgan fingerprint density at radius 3 is 2.40 bits per heavy atom. The van der Waals surface area contributed by atoms with Gasteiger partial charge in [-0.05, 0) is 44.7 Å². The molecule has 0 aromatic heterocycles. The number of hydrogen-bond donors (Lipinski definition) is 2. The zero-order valence-electron chi connectivity index (χ0n) is 14.2. The topological polar surface area (TPSA) is 35.5 Å². The summed E-state index contributed by atoms with van der Waals surface area (Å²) in [7, 11) is 2.17. The minimum Gasteiger partial charge on any atom is -0.389 e. The van der Waals surface area contributed by atoms with Crippen molar-refractivity contribution in [1.29, 1.82) is 0 Å². The first kappa shape index (κ1) is 17.9. The highest BCUT2D eigenvalue weighted by molar-refractivity contribution is 4.88. The van der Waals surface area contributed by atoms with Crippen LogP contribution >= 0.6 is 0 Å². The smallest absolute Gasteiger partial charge is 0.0774 e. The Labute approximate surface area is 126 Å². The first-order chi connectivity index (χ1) is 9.43. The fourth-order valence-electron chi connectivity index (χ4n) is 3.80. The average molecular weight is 284 g/mol. The molecule has 1 aliphatic rings. The highest BCUT2D eigenvalue weighted by Gasteiger charge is 2.34. The third kappa shape index (κ3) is 6.11. The zero-order valence-corrected chi connectivity index (χ0v) is 14.2. The molecule has 3 heteroatoms. The minimum absolute atomic E-state index is 0.313. The summed E-state index contributed by atoms with van der Waals surface area (Å²) in [5, 5.41) is 14.1. The van der Waals surface area contributed by atoms with Gasteiger partial charge < -0.3 is 15.3 Å². The van der Waals surface area contributed by atoms with E-state index in [2.05, 4.69) is 38.0 Å². The maximum absolute atomic E-state index is 10.5. The minimum atomic E-state index is -0.418. The van der Waals surface area contributed by atoms with Crippen molar-refractivity contribution in [2.75, 3.05) is 33.2 Å².